The third kappa shape index (κ3) is 4.05. The number of benzene rings is 1. The summed E-state index contributed by atoms with van der Waals surface area (Å²) in [6.45, 7) is 7.47. The second kappa shape index (κ2) is 7.23. The number of hydrogen-bond acceptors (Lipinski definition) is 3. The molecule has 21 heavy (non-hydrogen) atoms. The minimum absolute atomic E-state index is 0.396. The molecule has 1 aromatic carbocycles. The van der Waals surface area contributed by atoms with E-state index in [0.717, 1.165) is 29.1 Å². The molecule has 2 aromatic rings. The molecule has 1 aromatic heterocycles. The van der Waals surface area contributed by atoms with E-state index in [4.69, 9.17) is 10.5 Å². The Kier molecular flexibility index (Phi) is 5.34. The molecule has 0 bridgehead atoms. The van der Waals surface area contributed by atoms with Crippen molar-refractivity contribution in [3.05, 3.63) is 58.9 Å². The zero-order chi connectivity index (χ0) is 15.2. The average Bonchev–Trinajstić information content (AvgIpc) is 2.53. The predicted molar refractivity (Wildman–Crippen MR) is 86.6 cm³/mol. The van der Waals surface area contributed by atoms with Crippen molar-refractivity contribution in [3.8, 4) is 5.75 Å². The molecule has 0 aliphatic rings. The number of rotatable bonds is 6. The van der Waals surface area contributed by atoms with Crippen LogP contribution in [0, 0.1) is 6.92 Å². The molecule has 112 valence electrons. The van der Waals surface area contributed by atoms with E-state index in [9.17, 15) is 0 Å². The van der Waals surface area contributed by atoms with E-state index in [0.29, 0.717) is 19.1 Å². The third-order valence-electron chi connectivity index (χ3n) is 3.70. The first-order valence-corrected chi connectivity index (χ1v) is 7.52. The Bertz CT molecular complexity index is 578. The van der Waals surface area contributed by atoms with Crippen LogP contribution in [0.1, 0.15) is 42.3 Å². The molecule has 2 N–H and O–H groups in total. The largest absolute Gasteiger partial charge is 0.487 e. The highest BCUT2D eigenvalue weighted by Gasteiger charge is 2.06. The number of ether oxygens (including phenoxy) is 1. The highest BCUT2D eigenvalue weighted by Crippen LogP contribution is 2.20. The van der Waals surface area contributed by atoms with Crippen LogP contribution in [0.4, 0.5) is 0 Å². The predicted octanol–water partition coefficient (Wildman–Crippen LogP) is 3.59. The quantitative estimate of drug-likeness (QED) is 0.881. The van der Waals surface area contributed by atoms with Crippen molar-refractivity contribution in [2.75, 3.05) is 6.54 Å². The first kappa shape index (κ1) is 15.5. The summed E-state index contributed by atoms with van der Waals surface area (Å²) in [6.07, 6.45) is 0.879. The molecule has 0 aliphatic heterocycles. The molecule has 0 saturated carbocycles. The van der Waals surface area contributed by atoms with Crippen LogP contribution in [0.25, 0.3) is 0 Å². The lowest BCUT2D eigenvalue weighted by atomic mass is 10.0. The summed E-state index contributed by atoms with van der Waals surface area (Å²) in [6, 6.07) is 12.5. The van der Waals surface area contributed by atoms with E-state index < -0.39 is 0 Å². The van der Waals surface area contributed by atoms with Crippen molar-refractivity contribution in [1.29, 1.82) is 0 Å². The fourth-order valence-electron chi connectivity index (χ4n) is 2.22. The van der Waals surface area contributed by atoms with Crippen molar-refractivity contribution in [2.24, 2.45) is 5.73 Å². The molecule has 0 saturated heterocycles. The summed E-state index contributed by atoms with van der Waals surface area (Å²) in [5, 5.41) is 0. The molecule has 2 rings (SSSR count). The van der Waals surface area contributed by atoms with Crippen LogP contribution in [0.15, 0.2) is 36.4 Å². The van der Waals surface area contributed by atoms with Crippen molar-refractivity contribution in [1.82, 2.24) is 4.98 Å². The smallest absolute Gasteiger partial charge is 0.141 e. The summed E-state index contributed by atoms with van der Waals surface area (Å²) >= 11 is 0. The van der Waals surface area contributed by atoms with Gasteiger partial charge in [-0.15, -0.1) is 0 Å². The molecule has 0 radical (unpaired) electrons. The average molecular weight is 284 g/mol. The van der Waals surface area contributed by atoms with Crippen LogP contribution in [0.5, 0.6) is 5.75 Å². The van der Waals surface area contributed by atoms with Gasteiger partial charge in [0.15, 0.2) is 0 Å². The van der Waals surface area contributed by atoms with Gasteiger partial charge >= 0.3 is 0 Å². The summed E-state index contributed by atoms with van der Waals surface area (Å²) < 4.78 is 5.91. The van der Waals surface area contributed by atoms with Gasteiger partial charge in [-0.2, -0.15) is 0 Å². The first-order chi connectivity index (χ1) is 10.1. The molecule has 0 spiro atoms. The number of nitrogens with zero attached hydrogens (tertiary/aromatic N) is 1. The van der Waals surface area contributed by atoms with E-state index in [-0.39, 0.29) is 0 Å². The lowest BCUT2D eigenvalue weighted by Gasteiger charge is -2.12. The lowest BCUT2D eigenvalue weighted by Crippen LogP contribution is -2.08. The molecule has 1 unspecified atom stereocenters. The van der Waals surface area contributed by atoms with Crippen molar-refractivity contribution < 1.29 is 4.74 Å². The molecule has 3 heteroatoms. The monoisotopic (exact) mass is 284 g/mol. The Morgan fingerprint density at radius 3 is 2.48 bits per heavy atom. The van der Waals surface area contributed by atoms with E-state index in [2.05, 4.69) is 43.1 Å². The topological polar surface area (TPSA) is 48.1 Å². The van der Waals surface area contributed by atoms with E-state index in [1.165, 1.54) is 5.56 Å². The van der Waals surface area contributed by atoms with E-state index >= 15 is 0 Å². The van der Waals surface area contributed by atoms with E-state index in [1.54, 1.807) is 0 Å². The molecular weight excluding hydrogens is 260 g/mol. The zero-order valence-electron chi connectivity index (χ0n) is 13.1. The van der Waals surface area contributed by atoms with Gasteiger partial charge in [0.2, 0.25) is 0 Å². The van der Waals surface area contributed by atoms with Gasteiger partial charge in [0, 0.05) is 5.69 Å². The molecule has 0 amide bonds. The summed E-state index contributed by atoms with van der Waals surface area (Å²) in [4.78, 5) is 4.51. The number of nitrogens with two attached hydrogens (primary N) is 1. The van der Waals surface area contributed by atoms with Gasteiger partial charge in [-0.05, 0) is 49.1 Å². The molecule has 0 aliphatic carbocycles. The van der Waals surface area contributed by atoms with E-state index in [1.807, 2.05) is 19.1 Å². The van der Waals surface area contributed by atoms with Crippen LogP contribution in [0.3, 0.4) is 0 Å². The maximum Gasteiger partial charge on any atom is 0.141 e. The minimum atomic E-state index is 0.396. The maximum atomic E-state index is 5.91. The number of aryl methyl sites for hydroxylation is 2. The van der Waals surface area contributed by atoms with Crippen LogP contribution in [-0.2, 0) is 13.0 Å². The fourth-order valence-corrected chi connectivity index (χ4v) is 2.22. The molecule has 1 atom stereocenters. The second-order valence-electron chi connectivity index (χ2n) is 5.42. The minimum Gasteiger partial charge on any atom is -0.487 e. The fraction of sp³-hybridized carbons (Fsp3) is 0.389. The Balaban J connectivity index is 2.03. The summed E-state index contributed by atoms with van der Waals surface area (Å²) in [7, 11) is 0. The van der Waals surface area contributed by atoms with Crippen molar-refractivity contribution >= 4 is 0 Å². The van der Waals surface area contributed by atoms with Crippen LogP contribution in [-0.4, -0.2) is 11.5 Å². The van der Waals surface area contributed by atoms with Crippen LogP contribution < -0.4 is 10.5 Å². The van der Waals surface area contributed by atoms with Gasteiger partial charge in [-0.3, -0.25) is 4.98 Å². The van der Waals surface area contributed by atoms with Crippen molar-refractivity contribution in [2.45, 2.75) is 39.7 Å². The lowest BCUT2D eigenvalue weighted by molar-refractivity contribution is 0.301. The summed E-state index contributed by atoms with van der Waals surface area (Å²) in [5.41, 5.74) is 10.2. The number of pyridine rings is 1. The maximum absolute atomic E-state index is 5.91. The van der Waals surface area contributed by atoms with Crippen molar-refractivity contribution in [3.63, 3.8) is 0 Å². The normalized spacial score (nSPS) is 12.2. The number of aromatic nitrogens is 1. The standard InChI is InChI=1S/C18H24N2O/c1-4-17-18(10-5-14(3)20-17)21-12-15-6-8-16(9-7-15)13(2)11-19/h5-10,13H,4,11-12,19H2,1-3H3. The van der Waals surface area contributed by atoms with Gasteiger partial charge in [0.25, 0.3) is 0 Å². The van der Waals surface area contributed by atoms with Gasteiger partial charge in [-0.1, -0.05) is 38.1 Å². The molecule has 3 nitrogen and oxygen atoms in total. The molecule has 1 heterocycles. The van der Waals surface area contributed by atoms with Gasteiger partial charge in [-0.25, -0.2) is 0 Å². The van der Waals surface area contributed by atoms with Gasteiger partial charge in [0.1, 0.15) is 12.4 Å². The van der Waals surface area contributed by atoms with Crippen LogP contribution >= 0.6 is 0 Å². The molecular formula is C18H24N2O. The highest BCUT2D eigenvalue weighted by atomic mass is 16.5. The molecule has 0 fully saturated rings. The first-order valence-electron chi connectivity index (χ1n) is 7.52. The Hall–Kier alpha value is -1.87. The zero-order valence-corrected chi connectivity index (χ0v) is 13.1. The van der Waals surface area contributed by atoms with Gasteiger partial charge in [0.05, 0.1) is 5.69 Å². The Labute approximate surface area is 127 Å². The summed E-state index contributed by atoms with van der Waals surface area (Å²) in [5.74, 6) is 1.27. The Morgan fingerprint density at radius 2 is 1.86 bits per heavy atom. The SMILES string of the molecule is CCc1nc(C)ccc1OCc1ccc(C(C)CN)cc1. The number of hydrogen-bond donors (Lipinski definition) is 1. The van der Waals surface area contributed by atoms with Crippen LogP contribution in [0.2, 0.25) is 0 Å². The Morgan fingerprint density at radius 1 is 1.14 bits per heavy atom. The highest BCUT2D eigenvalue weighted by molar-refractivity contribution is 5.30. The third-order valence-corrected chi connectivity index (χ3v) is 3.70. The second-order valence-corrected chi connectivity index (χ2v) is 5.42. The van der Waals surface area contributed by atoms with Gasteiger partial charge < -0.3 is 10.5 Å².